The van der Waals surface area contributed by atoms with E-state index in [1.807, 2.05) is 0 Å². The van der Waals surface area contributed by atoms with E-state index in [9.17, 15) is 5.11 Å². The molecule has 0 saturated carbocycles. The summed E-state index contributed by atoms with van der Waals surface area (Å²) in [6.07, 6.45) is 3.29. The molecule has 19 heavy (non-hydrogen) atoms. The van der Waals surface area contributed by atoms with E-state index < -0.39 is 6.10 Å². The van der Waals surface area contributed by atoms with Gasteiger partial charge in [0, 0.05) is 6.54 Å². The molecule has 1 aromatic carbocycles. The zero-order valence-corrected chi connectivity index (χ0v) is 11.1. The second-order valence-electron chi connectivity index (χ2n) is 4.96. The lowest BCUT2D eigenvalue weighted by Gasteiger charge is -2.28. The van der Waals surface area contributed by atoms with E-state index >= 15 is 0 Å². The predicted octanol–water partition coefficient (Wildman–Crippen LogP) is 1.78. The number of hydrogen-bond acceptors (Lipinski definition) is 4. The fourth-order valence-corrected chi connectivity index (χ4v) is 2.31. The molecule has 0 amide bonds. The molecule has 1 N–H and O–H groups in total. The molecule has 0 unspecified atom stereocenters. The number of aliphatic hydroxyl groups excluding tert-OH is 1. The number of benzene rings is 1. The zero-order chi connectivity index (χ0) is 13.5. The summed E-state index contributed by atoms with van der Waals surface area (Å²) in [7, 11) is 0. The summed E-state index contributed by atoms with van der Waals surface area (Å²) in [6, 6.07) is 9.00. The van der Waals surface area contributed by atoms with Gasteiger partial charge in [-0.3, -0.25) is 0 Å². The van der Waals surface area contributed by atoms with Crippen LogP contribution in [0.2, 0.25) is 0 Å². The molecule has 1 atom stereocenters. The summed E-state index contributed by atoms with van der Waals surface area (Å²) < 4.78 is 5.52. The first-order valence-corrected chi connectivity index (χ1v) is 6.81. The van der Waals surface area contributed by atoms with Gasteiger partial charge in [-0.1, -0.05) is 6.42 Å². The minimum Gasteiger partial charge on any atom is -0.491 e. The Bertz CT molecular complexity index is 419. The number of aliphatic hydroxyl groups is 1. The van der Waals surface area contributed by atoms with Crippen LogP contribution in [0.3, 0.4) is 0 Å². The Morgan fingerprint density at radius 1 is 1.21 bits per heavy atom. The predicted molar refractivity (Wildman–Crippen MR) is 72.9 cm³/mol. The van der Waals surface area contributed by atoms with Gasteiger partial charge in [0.25, 0.3) is 0 Å². The molecular weight excluding hydrogens is 240 g/mol. The highest BCUT2D eigenvalue weighted by molar-refractivity contribution is 5.34. The third-order valence-electron chi connectivity index (χ3n) is 3.34. The van der Waals surface area contributed by atoms with Gasteiger partial charge in [-0.15, -0.1) is 0 Å². The van der Waals surface area contributed by atoms with Gasteiger partial charge in [0.05, 0.1) is 11.6 Å². The van der Waals surface area contributed by atoms with Crippen molar-refractivity contribution < 1.29 is 9.84 Å². The first-order chi connectivity index (χ1) is 9.28. The normalized spacial score (nSPS) is 17.7. The maximum Gasteiger partial charge on any atom is 0.119 e. The maximum atomic E-state index is 9.94. The quantitative estimate of drug-likeness (QED) is 0.877. The first-order valence-electron chi connectivity index (χ1n) is 6.81. The summed E-state index contributed by atoms with van der Waals surface area (Å²) in [5.74, 6) is 0.691. The number of nitriles is 1. The SMILES string of the molecule is N#Cc1ccc(OC[C@H](O)CN2CCCCC2)cc1. The maximum absolute atomic E-state index is 9.94. The summed E-state index contributed by atoms with van der Waals surface area (Å²) in [4.78, 5) is 2.29. The van der Waals surface area contributed by atoms with Crippen LogP contribution in [0.5, 0.6) is 5.75 Å². The second kappa shape index (κ2) is 7.13. The van der Waals surface area contributed by atoms with Crippen molar-refractivity contribution in [3.05, 3.63) is 29.8 Å². The van der Waals surface area contributed by atoms with Crippen molar-refractivity contribution in [2.45, 2.75) is 25.4 Å². The van der Waals surface area contributed by atoms with Crippen LogP contribution in [-0.4, -0.2) is 42.4 Å². The van der Waals surface area contributed by atoms with Gasteiger partial charge < -0.3 is 14.7 Å². The lowest BCUT2D eigenvalue weighted by Crippen LogP contribution is -2.38. The van der Waals surface area contributed by atoms with Gasteiger partial charge in [0.1, 0.15) is 18.5 Å². The van der Waals surface area contributed by atoms with Crippen LogP contribution in [0.25, 0.3) is 0 Å². The van der Waals surface area contributed by atoms with Crippen molar-refractivity contribution in [2.75, 3.05) is 26.2 Å². The molecular formula is C15H20N2O2. The van der Waals surface area contributed by atoms with Crippen LogP contribution in [-0.2, 0) is 0 Å². The standard InChI is InChI=1S/C15H20N2O2/c16-10-13-4-6-15(7-5-13)19-12-14(18)11-17-8-2-1-3-9-17/h4-7,14,18H,1-3,8-9,11-12H2/t14-/m1/s1. The summed E-state index contributed by atoms with van der Waals surface area (Å²) in [6.45, 7) is 3.13. The number of nitrogens with zero attached hydrogens (tertiary/aromatic N) is 2. The van der Waals surface area contributed by atoms with Crippen molar-refractivity contribution in [1.29, 1.82) is 5.26 Å². The molecule has 1 heterocycles. The highest BCUT2D eigenvalue weighted by Crippen LogP contribution is 2.13. The van der Waals surface area contributed by atoms with Crippen molar-refractivity contribution in [1.82, 2.24) is 4.90 Å². The molecule has 1 aromatic rings. The average Bonchev–Trinajstić information content (AvgIpc) is 2.47. The van der Waals surface area contributed by atoms with Crippen molar-refractivity contribution in [3.63, 3.8) is 0 Å². The molecule has 1 fully saturated rings. The number of hydrogen-bond donors (Lipinski definition) is 1. The highest BCUT2D eigenvalue weighted by atomic mass is 16.5. The molecule has 0 bridgehead atoms. The van der Waals surface area contributed by atoms with Crippen molar-refractivity contribution in [3.8, 4) is 11.8 Å². The van der Waals surface area contributed by atoms with E-state index in [2.05, 4.69) is 11.0 Å². The largest absolute Gasteiger partial charge is 0.491 e. The fraction of sp³-hybridized carbons (Fsp3) is 0.533. The fourth-order valence-electron chi connectivity index (χ4n) is 2.31. The van der Waals surface area contributed by atoms with Crippen LogP contribution in [0.1, 0.15) is 24.8 Å². The Balaban J connectivity index is 1.73. The van der Waals surface area contributed by atoms with Crippen LogP contribution in [0.4, 0.5) is 0 Å². The van der Waals surface area contributed by atoms with Crippen molar-refractivity contribution >= 4 is 0 Å². The van der Waals surface area contributed by atoms with E-state index in [4.69, 9.17) is 10.00 Å². The highest BCUT2D eigenvalue weighted by Gasteiger charge is 2.14. The topological polar surface area (TPSA) is 56.5 Å². The number of likely N-dealkylation sites (tertiary alicyclic amines) is 1. The molecule has 0 spiro atoms. The Labute approximate surface area is 114 Å². The van der Waals surface area contributed by atoms with Crippen LogP contribution in [0, 0.1) is 11.3 Å². The second-order valence-corrected chi connectivity index (χ2v) is 4.96. The number of piperidine rings is 1. The van der Waals surface area contributed by atoms with Gasteiger partial charge in [-0.2, -0.15) is 5.26 Å². The number of ether oxygens (including phenoxy) is 1. The molecule has 0 aromatic heterocycles. The molecule has 102 valence electrons. The van der Waals surface area contributed by atoms with Gasteiger partial charge in [0.15, 0.2) is 0 Å². The van der Waals surface area contributed by atoms with Crippen LogP contribution in [0.15, 0.2) is 24.3 Å². The van der Waals surface area contributed by atoms with Gasteiger partial charge in [0.2, 0.25) is 0 Å². The summed E-state index contributed by atoms with van der Waals surface area (Å²) in [5, 5.41) is 18.6. The zero-order valence-electron chi connectivity index (χ0n) is 11.1. The van der Waals surface area contributed by atoms with Gasteiger partial charge >= 0.3 is 0 Å². The minimum atomic E-state index is -0.464. The van der Waals surface area contributed by atoms with Crippen molar-refractivity contribution in [2.24, 2.45) is 0 Å². The Kier molecular flexibility index (Phi) is 5.20. The first kappa shape index (κ1) is 13.9. The minimum absolute atomic E-state index is 0.294. The average molecular weight is 260 g/mol. The van der Waals surface area contributed by atoms with E-state index in [1.54, 1.807) is 24.3 Å². The third-order valence-corrected chi connectivity index (χ3v) is 3.34. The summed E-state index contributed by atoms with van der Waals surface area (Å²) in [5.41, 5.74) is 0.612. The van der Waals surface area contributed by atoms with Gasteiger partial charge in [-0.05, 0) is 50.2 Å². The molecule has 4 nitrogen and oxygen atoms in total. The van der Waals surface area contributed by atoms with Gasteiger partial charge in [-0.25, -0.2) is 0 Å². The molecule has 2 rings (SSSR count). The van der Waals surface area contributed by atoms with E-state index in [-0.39, 0.29) is 0 Å². The van der Waals surface area contributed by atoms with E-state index in [0.29, 0.717) is 24.5 Å². The molecule has 1 aliphatic heterocycles. The van der Waals surface area contributed by atoms with E-state index in [0.717, 1.165) is 13.1 Å². The Morgan fingerprint density at radius 2 is 1.89 bits per heavy atom. The van der Waals surface area contributed by atoms with E-state index in [1.165, 1.54) is 19.3 Å². The lowest BCUT2D eigenvalue weighted by molar-refractivity contribution is 0.0617. The monoisotopic (exact) mass is 260 g/mol. The number of β-amino-alcohol motifs (C(OH)–C–C–N with tert-alkyl or cyclic N) is 1. The molecule has 1 aliphatic rings. The smallest absolute Gasteiger partial charge is 0.119 e. The lowest BCUT2D eigenvalue weighted by atomic mass is 10.1. The number of rotatable bonds is 5. The van der Waals surface area contributed by atoms with Crippen LogP contribution < -0.4 is 4.74 Å². The Hall–Kier alpha value is -1.57. The summed E-state index contributed by atoms with van der Waals surface area (Å²) >= 11 is 0. The molecule has 4 heteroatoms. The van der Waals surface area contributed by atoms with Crippen LogP contribution >= 0.6 is 0 Å². The molecule has 0 radical (unpaired) electrons. The molecule has 1 saturated heterocycles. The molecule has 0 aliphatic carbocycles. The third kappa shape index (κ3) is 4.55. The Morgan fingerprint density at radius 3 is 2.53 bits per heavy atom.